The highest BCUT2D eigenvalue weighted by molar-refractivity contribution is 5.82. The number of benzene rings is 2. The molecule has 3 rings (SSSR count). The molecule has 0 aliphatic rings. The van der Waals surface area contributed by atoms with Crippen molar-refractivity contribution in [3.63, 3.8) is 0 Å². The molecule has 0 unspecified atom stereocenters. The molecule has 0 aliphatic carbocycles. The van der Waals surface area contributed by atoms with Gasteiger partial charge >= 0.3 is 11.7 Å². The first-order chi connectivity index (χ1) is 14.9. The monoisotopic (exact) mass is 423 g/mol. The number of carboxylic acid groups (broad SMARTS) is 1. The summed E-state index contributed by atoms with van der Waals surface area (Å²) in [5.74, 6) is -0.501. The molecule has 160 valence electrons. The molecule has 0 radical (unpaired) electrons. The van der Waals surface area contributed by atoms with E-state index in [1.807, 2.05) is 0 Å². The molecule has 0 fully saturated rings. The first kappa shape index (κ1) is 21.6. The predicted octanol–water partition coefficient (Wildman–Crippen LogP) is 2.16. The predicted molar refractivity (Wildman–Crippen MR) is 116 cm³/mol. The standard InChI is InChI=1S/C22H21N3O6/c1-3-7-15-10-14(11-18(30-4-2)20(15)31-13-19(26)27)12-23-25-21(28)16-8-5-6-9-17(16)24-22(25)29/h3,5-6,8-12H,1,4,7,13H2,2H3,(H,24,29)(H,26,27). The quantitative estimate of drug-likeness (QED) is 0.402. The Morgan fingerprint density at radius 2 is 2.03 bits per heavy atom. The van der Waals surface area contributed by atoms with Crippen LogP contribution in [0, 0.1) is 0 Å². The van der Waals surface area contributed by atoms with Gasteiger partial charge in [0.25, 0.3) is 5.56 Å². The van der Waals surface area contributed by atoms with Crippen LogP contribution in [-0.4, -0.2) is 40.2 Å². The third kappa shape index (κ3) is 4.89. The Bertz CT molecular complexity index is 1270. The lowest BCUT2D eigenvalue weighted by Gasteiger charge is -2.15. The number of aliphatic carboxylic acids is 1. The second-order valence-electron chi connectivity index (χ2n) is 6.45. The van der Waals surface area contributed by atoms with E-state index in [9.17, 15) is 14.4 Å². The number of rotatable bonds is 9. The van der Waals surface area contributed by atoms with E-state index in [0.29, 0.717) is 46.6 Å². The molecule has 1 heterocycles. The molecule has 0 bridgehead atoms. The number of H-pyrrole nitrogens is 1. The molecule has 0 aliphatic heterocycles. The summed E-state index contributed by atoms with van der Waals surface area (Å²) >= 11 is 0. The molecule has 31 heavy (non-hydrogen) atoms. The SMILES string of the molecule is C=CCc1cc(C=Nn2c(=O)[nH]c3ccccc3c2=O)cc(OCC)c1OCC(=O)O. The smallest absolute Gasteiger partial charge is 0.349 e. The first-order valence-corrected chi connectivity index (χ1v) is 9.48. The molecule has 9 nitrogen and oxygen atoms in total. The number of carbonyl (C=O) groups is 1. The maximum atomic E-state index is 12.6. The Hall–Kier alpha value is -4.14. The number of ether oxygens (including phenoxy) is 2. The Labute approximate surface area is 176 Å². The van der Waals surface area contributed by atoms with Crippen molar-refractivity contribution in [3.8, 4) is 11.5 Å². The molecular weight excluding hydrogens is 402 g/mol. The fourth-order valence-corrected chi connectivity index (χ4v) is 3.01. The topological polar surface area (TPSA) is 123 Å². The molecule has 0 saturated heterocycles. The van der Waals surface area contributed by atoms with Gasteiger partial charge in [0.05, 0.1) is 23.7 Å². The molecular formula is C22H21N3O6. The highest BCUT2D eigenvalue weighted by Crippen LogP contribution is 2.33. The van der Waals surface area contributed by atoms with Crippen LogP contribution in [0.3, 0.4) is 0 Å². The molecule has 0 saturated carbocycles. The van der Waals surface area contributed by atoms with Crippen molar-refractivity contribution in [1.82, 2.24) is 9.66 Å². The van der Waals surface area contributed by atoms with E-state index in [-0.39, 0.29) is 0 Å². The Balaban J connectivity index is 2.07. The second-order valence-corrected chi connectivity index (χ2v) is 6.45. The Kier molecular flexibility index (Phi) is 6.66. The number of fused-ring (bicyclic) bond motifs is 1. The first-order valence-electron chi connectivity index (χ1n) is 9.48. The van der Waals surface area contributed by atoms with E-state index in [1.54, 1.807) is 49.4 Å². The van der Waals surface area contributed by atoms with Crippen LogP contribution in [0.5, 0.6) is 11.5 Å². The number of para-hydroxylation sites is 1. The molecule has 1 aromatic heterocycles. The third-order valence-electron chi connectivity index (χ3n) is 4.26. The van der Waals surface area contributed by atoms with E-state index in [1.165, 1.54) is 6.21 Å². The van der Waals surface area contributed by atoms with Crippen LogP contribution >= 0.6 is 0 Å². The van der Waals surface area contributed by atoms with Gasteiger partial charge in [0.1, 0.15) is 0 Å². The molecule has 3 aromatic rings. The molecule has 2 aromatic carbocycles. The largest absolute Gasteiger partial charge is 0.490 e. The number of carboxylic acids is 1. The van der Waals surface area contributed by atoms with Crippen molar-refractivity contribution in [2.75, 3.05) is 13.2 Å². The second kappa shape index (κ2) is 9.57. The van der Waals surface area contributed by atoms with Crippen LogP contribution < -0.4 is 20.7 Å². The summed E-state index contributed by atoms with van der Waals surface area (Å²) in [4.78, 5) is 38.5. The zero-order chi connectivity index (χ0) is 22.4. The molecule has 0 spiro atoms. The summed E-state index contributed by atoms with van der Waals surface area (Å²) < 4.78 is 11.8. The minimum Gasteiger partial charge on any atom is -0.490 e. The van der Waals surface area contributed by atoms with Crippen molar-refractivity contribution in [3.05, 3.63) is 81.0 Å². The maximum absolute atomic E-state index is 12.6. The van der Waals surface area contributed by atoms with Crippen molar-refractivity contribution < 1.29 is 19.4 Å². The average molecular weight is 423 g/mol. The van der Waals surface area contributed by atoms with E-state index >= 15 is 0 Å². The van der Waals surface area contributed by atoms with Gasteiger partial charge in [0.2, 0.25) is 0 Å². The number of nitrogens with one attached hydrogen (secondary N) is 1. The minimum absolute atomic E-state index is 0.294. The van der Waals surface area contributed by atoms with Crippen LogP contribution in [0.2, 0.25) is 0 Å². The fraction of sp³-hybridized carbons (Fsp3) is 0.182. The molecule has 2 N–H and O–H groups in total. The lowest BCUT2D eigenvalue weighted by atomic mass is 10.1. The Morgan fingerprint density at radius 1 is 1.26 bits per heavy atom. The van der Waals surface area contributed by atoms with Crippen LogP contribution in [-0.2, 0) is 11.2 Å². The van der Waals surface area contributed by atoms with E-state index in [0.717, 1.165) is 4.68 Å². The summed E-state index contributed by atoms with van der Waals surface area (Å²) in [6, 6.07) is 9.95. The van der Waals surface area contributed by atoms with Crippen LogP contribution in [0.25, 0.3) is 10.9 Å². The zero-order valence-electron chi connectivity index (χ0n) is 16.8. The van der Waals surface area contributed by atoms with Gasteiger partial charge in [0.15, 0.2) is 18.1 Å². The minimum atomic E-state index is -1.12. The number of aromatic amines is 1. The fourth-order valence-electron chi connectivity index (χ4n) is 3.01. The lowest BCUT2D eigenvalue weighted by Crippen LogP contribution is -2.32. The lowest BCUT2D eigenvalue weighted by molar-refractivity contribution is -0.139. The van der Waals surface area contributed by atoms with Gasteiger partial charge in [0, 0.05) is 5.56 Å². The van der Waals surface area contributed by atoms with Gasteiger partial charge in [-0.15, -0.1) is 11.3 Å². The van der Waals surface area contributed by atoms with Crippen molar-refractivity contribution in [1.29, 1.82) is 0 Å². The van der Waals surface area contributed by atoms with Crippen LogP contribution in [0.1, 0.15) is 18.1 Å². The number of aromatic nitrogens is 2. The van der Waals surface area contributed by atoms with Gasteiger partial charge < -0.3 is 19.6 Å². The van der Waals surface area contributed by atoms with Crippen molar-refractivity contribution in [2.24, 2.45) is 5.10 Å². The summed E-state index contributed by atoms with van der Waals surface area (Å²) in [5, 5.41) is 13.3. The Morgan fingerprint density at radius 3 is 2.74 bits per heavy atom. The van der Waals surface area contributed by atoms with E-state index in [4.69, 9.17) is 14.6 Å². The molecule has 0 amide bonds. The normalized spacial score (nSPS) is 11.0. The third-order valence-corrected chi connectivity index (χ3v) is 4.26. The maximum Gasteiger partial charge on any atom is 0.349 e. The van der Waals surface area contributed by atoms with E-state index in [2.05, 4.69) is 16.7 Å². The van der Waals surface area contributed by atoms with Gasteiger partial charge in [-0.1, -0.05) is 18.2 Å². The highest BCUT2D eigenvalue weighted by atomic mass is 16.5. The summed E-state index contributed by atoms with van der Waals surface area (Å²) in [5.41, 5.74) is 0.368. The highest BCUT2D eigenvalue weighted by Gasteiger charge is 2.14. The summed E-state index contributed by atoms with van der Waals surface area (Å²) in [7, 11) is 0. The van der Waals surface area contributed by atoms with Crippen molar-refractivity contribution >= 4 is 23.1 Å². The molecule has 0 atom stereocenters. The van der Waals surface area contributed by atoms with Crippen molar-refractivity contribution in [2.45, 2.75) is 13.3 Å². The molecule has 9 heteroatoms. The summed E-state index contributed by atoms with van der Waals surface area (Å²) in [6.45, 7) is 5.28. The number of nitrogens with zero attached hydrogens (tertiary/aromatic N) is 2. The summed E-state index contributed by atoms with van der Waals surface area (Å²) in [6.07, 6.45) is 3.37. The average Bonchev–Trinajstić information content (AvgIpc) is 2.73. The van der Waals surface area contributed by atoms with Crippen LogP contribution in [0.4, 0.5) is 0 Å². The van der Waals surface area contributed by atoms with Crippen LogP contribution in [0.15, 0.2) is 63.7 Å². The van der Waals surface area contributed by atoms with Gasteiger partial charge in [-0.3, -0.25) is 4.79 Å². The van der Waals surface area contributed by atoms with Gasteiger partial charge in [-0.2, -0.15) is 5.10 Å². The van der Waals surface area contributed by atoms with Gasteiger partial charge in [-0.05, 0) is 43.2 Å². The number of allylic oxidation sites excluding steroid dienone is 1. The van der Waals surface area contributed by atoms with E-state index < -0.39 is 23.8 Å². The number of hydrogen-bond acceptors (Lipinski definition) is 6. The van der Waals surface area contributed by atoms with Gasteiger partial charge in [-0.25, -0.2) is 9.59 Å². The zero-order valence-corrected chi connectivity index (χ0v) is 16.8. The number of hydrogen-bond donors (Lipinski definition) is 2.